The minimum absolute atomic E-state index is 0. The molecule has 11 N–H and O–H groups in total. The molecule has 49 heteroatoms. The fraction of sp³-hybridized carbons (Fsp3) is 0.297. The predicted octanol–water partition coefficient (Wildman–Crippen LogP) is 12.7. The smallest absolute Gasteiger partial charge is 1.00 e. The van der Waals surface area contributed by atoms with Crippen LogP contribution in [-0.4, -0.2) is 204 Å². The molecule has 0 aliphatic heterocycles. The van der Waals surface area contributed by atoms with Crippen molar-refractivity contribution in [2.24, 2.45) is 16.2 Å². The number of benzene rings is 3. The number of aromatic hydroxyl groups is 2. The monoisotopic (exact) mass is 2110 g/mol. The molecule has 0 spiro atoms. The summed E-state index contributed by atoms with van der Waals surface area (Å²) in [4.78, 5) is 125. The second-order valence-electron chi connectivity index (χ2n) is 37.6. The van der Waals surface area contributed by atoms with Gasteiger partial charge in [-0.25, -0.2) is 54.6 Å². The van der Waals surface area contributed by atoms with E-state index in [0.717, 1.165) is 33.8 Å². The average Bonchev–Trinajstić information content (AvgIpc) is 1.62. The number of esters is 4. The summed E-state index contributed by atoms with van der Waals surface area (Å²) in [5.41, 5.74) is 9.96. The molecule has 0 saturated heterocycles. The predicted molar refractivity (Wildman–Crippen MR) is 549 cm³/mol. The maximum Gasteiger partial charge on any atom is 2.00 e. The maximum absolute atomic E-state index is 14.9. The molecule has 0 saturated carbocycles. The number of carbonyl (C=O) groups excluding carboxylic acids is 4. The van der Waals surface area contributed by atoms with Crippen LogP contribution < -0.4 is 63.1 Å². The number of H-pyrrole nitrogens is 7. The topological polar surface area (TPSA) is 552 Å². The number of hydrogen-bond donors (Lipinski definition) is 11. The number of rotatable bonds is 13. The second kappa shape index (κ2) is 46.9. The van der Waals surface area contributed by atoms with Crippen molar-refractivity contribution < 1.29 is 98.3 Å². The van der Waals surface area contributed by atoms with Crippen LogP contribution in [0.5, 0.6) is 57.8 Å². The number of carbonyl (C=O) groups is 4. The Morgan fingerprint density at radius 2 is 0.753 bits per heavy atom. The fourth-order valence-electron chi connectivity index (χ4n) is 14.8. The number of hydrogen-bond acceptors (Lipinski definition) is 29. The van der Waals surface area contributed by atoms with E-state index < -0.39 is 51.4 Å². The minimum Gasteiger partial charge on any atom is -1.00 e. The molecule has 0 radical (unpaired) electrons. The summed E-state index contributed by atoms with van der Waals surface area (Å²) in [5.74, 6) is -0.934. The third-order valence-corrected chi connectivity index (χ3v) is 22.8. The number of aromatic amines is 7. The van der Waals surface area contributed by atoms with Crippen molar-refractivity contribution in [2.75, 3.05) is 13.2 Å². The Labute approximate surface area is 879 Å². The fourth-order valence-corrected chi connectivity index (χ4v) is 15.1. The third-order valence-electron chi connectivity index (χ3n) is 22.5. The van der Waals surface area contributed by atoms with Crippen molar-refractivity contribution in [3.63, 3.8) is 0 Å². The van der Waals surface area contributed by atoms with Gasteiger partial charge in [-0.2, -0.15) is 45.7 Å². The molecule has 150 heavy (non-hydrogen) atoms. The number of phenolic OH excluding ortho intramolecular Hbond substituents is 1. The first kappa shape index (κ1) is 116. The summed E-state index contributed by atoms with van der Waals surface area (Å²) < 4.78 is 91.4. The van der Waals surface area contributed by atoms with Crippen LogP contribution in [0.3, 0.4) is 0 Å². The van der Waals surface area contributed by atoms with Gasteiger partial charge in [0.05, 0.1) is 71.1 Å². The van der Waals surface area contributed by atoms with E-state index in [1.807, 2.05) is 34.6 Å². The van der Waals surface area contributed by atoms with E-state index in [9.17, 15) is 66.8 Å². The van der Waals surface area contributed by atoms with Gasteiger partial charge in [0.1, 0.15) is 101 Å². The van der Waals surface area contributed by atoms with Crippen molar-refractivity contribution in [3.8, 4) is 57.8 Å². The zero-order valence-corrected chi connectivity index (χ0v) is 89.3. The number of ether oxygens (including phenoxy) is 7. The average molecular weight is 2120 g/mol. The molecule has 0 amide bonds. The number of aromatic nitrogens is 24. The summed E-state index contributed by atoms with van der Waals surface area (Å²) in [6.45, 7) is 41.1. The first-order valence-corrected chi connectivity index (χ1v) is 45.8. The third kappa shape index (κ3) is 25.6. The molecule has 20 rings (SSSR count). The van der Waals surface area contributed by atoms with E-state index in [0.29, 0.717) is 139 Å². The van der Waals surface area contributed by atoms with Gasteiger partial charge in [-0.05, 0) is 225 Å². The van der Waals surface area contributed by atoms with E-state index in [4.69, 9.17) is 49.9 Å². The Bertz CT molecular complexity index is 8670. The quantitative estimate of drug-likeness (QED) is 0.0290. The van der Waals surface area contributed by atoms with Crippen LogP contribution in [0.15, 0.2) is 161 Å². The molecule has 0 aliphatic carbocycles. The van der Waals surface area contributed by atoms with Gasteiger partial charge in [-0.3, -0.25) is 33.6 Å². The first-order chi connectivity index (χ1) is 69.1. The standard InChI is InChI=1S/C21H21FN4O3.C19H19FN4O3.C12H14ClN3O2.C12H15N3O3.C10H11N3O3.C10H13N3O2.C9H8FNO.C7H7N3O2.CH3.ClH.Mg/c1-11-8-13-14(25-11)6-7-15(17(13)22)28-19-18-12(2)16(9-26(18)24-10-23-19)29-20(27)21(3,4)5;1-10-6-13-14(23-10)4-5-15(17(13)20)27-19-18-12(3)16(26-8-11(2)25)7-24(18)22-9-21-19;1-7-8(18-11(17)12(2,3)4)5-16-9(7)10(13)14-6-15-16;1-7-8(18-11(17)12(2,3)4)5-15-9(7)10(16)13-6-14-15;1-3-16-10(15)7-4-13-8(6(7)2)9(14)11-5-12-13;1-6-7(10(2,3)15)4-13-8(6)9(14)11-5-12-13;1-5-4-6-7(11-5)2-3-8(12)9(6)10;1-4-5(11)2-10-6(4)7(12)8-3-9-10;;;/h6-10,25H,1-5H3;4-7,9,11,23,25H,8H2,1-3H3;5-6H,1-4H3;5-6H,1-4H3,(H,13,14,16);4-5H,3H2,1-2H3,(H,11,12,14);4-5,15H,1-3H3,(H,11,12,14);2-4,11-12H,1H3;2-3,11H,1H3,(H,8,9,12);1H3;1H;/q;;;;;;;;-1;;+2/p-1/t;11-;;;;;;;;;/m.1........./s1. The van der Waals surface area contributed by atoms with Crippen LogP contribution >= 0.6 is 11.6 Å². The molecule has 3 aromatic carbocycles. The zero-order valence-electron chi connectivity index (χ0n) is 86.4. The van der Waals surface area contributed by atoms with Gasteiger partial charge in [-0.1, -0.05) is 11.6 Å². The molecule has 43 nitrogen and oxygen atoms in total. The van der Waals surface area contributed by atoms with Gasteiger partial charge in [-0.15, -0.1) is 0 Å². The number of aryl methyl sites for hydroxylation is 10. The van der Waals surface area contributed by atoms with E-state index in [1.165, 1.54) is 91.5 Å². The summed E-state index contributed by atoms with van der Waals surface area (Å²) in [6, 6.07) is 14.7. The van der Waals surface area contributed by atoms with Gasteiger partial charge >= 0.3 is 46.9 Å². The summed E-state index contributed by atoms with van der Waals surface area (Å²) in [7, 11) is 0. The van der Waals surface area contributed by atoms with Crippen molar-refractivity contribution in [1.82, 2.24) is 117 Å². The summed E-state index contributed by atoms with van der Waals surface area (Å²) >= 11 is 5.99. The SMILES string of the molecule is CCOC(=O)c1cn2nc[nH]c(=O)c2c1C.Cc1c(C(C)(C)O)cn2nc[nH]c(=O)c12.Cc1c(O)cn2nc[nH]c(=O)c12.Cc1c(OC(=O)C(C)(C)C)cn2nc[nH]c(=O)c12.Cc1c(OC(=O)C(C)(C)C)cn2ncnc(Cl)c12.Cc1cc2c(F)c(O)ccc2[nH]1.Cc1cc2c(F)c(Oc3ncnn4cc(OC(=O)C(C)(C)C)c(C)c34)ccc2[nH]1.Cc1cc2c(F)c(Oc3ncnn4cc(OC[C@@H](C)O)c(C)c34)ccc2[nH]1.[CH3-].[Cl-].[Mg+2]. The normalized spacial score (nSPS) is 11.5. The molecule has 0 bridgehead atoms. The number of phenols is 1. The number of aliphatic hydroxyl groups is 2. The molecule has 17 heterocycles. The van der Waals surface area contributed by atoms with E-state index in [1.54, 1.807) is 207 Å². The van der Waals surface area contributed by atoms with Crippen LogP contribution in [0.2, 0.25) is 5.15 Å². The number of nitrogens with one attached hydrogen (secondary N) is 7. The molecule has 0 fully saturated rings. The molecule has 0 unspecified atom stereocenters. The zero-order chi connectivity index (χ0) is 107. The van der Waals surface area contributed by atoms with Gasteiger partial charge in [0.2, 0.25) is 11.8 Å². The van der Waals surface area contributed by atoms with Crippen LogP contribution in [0.1, 0.15) is 162 Å². The maximum atomic E-state index is 14.9. The van der Waals surface area contributed by atoms with Crippen molar-refractivity contribution in [2.45, 2.75) is 171 Å². The Balaban J connectivity index is 0.000000178. The second-order valence-corrected chi connectivity index (χ2v) is 38.0. The number of halogens is 5. The largest absolute Gasteiger partial charge is 2.00 e. The minimum atomic E-state index is -0.968. The Morgan fingerprint density at radius 3 is 1.13 bits per heavy atom. The van der Waals surface area contributed by atoms with Crippen LogP contribution in [0.25, 0.3) is 71.3 Å². The van der Waals surface area contributed by atoms with E-state index in [2.05, 4.69) is 85.5 Å². The van der Waals surface area contributed by atoms with Gasteiger partial charge < -0.3 is 108 Å². The van der Waals surface area contributed by atoms with Crippen molar-refractivity contribution in [1.29, 1.82) is 0 Å². The van der Waals surface area contributed by atoms with Crippen molar-refractivity contribution in [3.05, 3.63) is 281 Å². The molecule has 1 atom stereocenters. The van der Waals surface area contributed by atoms with Crippen LogP contribution in [0.4, 0.5) is 13.2 Å². The molecule has 0 aliphatic rings. The summed E-state index contributed by atoms with van der Waals surface area (Å²) in [6.07, 6.45) is 19.6. The molecule has 20 aromatic rings. The molecular weight excluding hydrogens is 2010 g/mol. The molecule has 786 valence electrons. The summed E-state index contributed by atoms with van der Waals surface area (Å²) in [5, 5.41) is 67.3. The van der Waals surface area contributed by atoms with Crippen LogP contribution in [0, 0.1) is 110 Å². The van der Waals surface area contributed by atoms with Gasteiger partial charge in [0.15, 0.2) is 57.1 Å². The number of aliphatic hydroxyl groups excluding tert-OH is 1. The van der Waals surface area contributed by atoms with Gasteiger partial charge in [0.25, 0.3) is 22.2 Å². The molecule has 17 aromatic heterocycles. The number of nitrogens with zero attached hydrogens (tertiary/aromatic N) is 17. The Morgan fingerprint density at radius 1 is 0.420 bits per heavy atom. The number of fused-ring (bicyclic) bond motifs is 10. The van der Waals surface area contributed by atoms with Crippen molar-refractivity contribution >= 4 is 130 Å². The van der Waals surface area contributed by atoms with Gasteiger partial charge in [0, 0.05) is 95.6 Å². The van der Waals surface area contributed by atoms with E-state index >= 15 is 0 Å². The van der Waals surface area contributed by atoms with Crippen LogP contribution in [-0.2, 0) is 24.7 Å². The van der Waals surface area contributed by atoms with E-state index in [-0.39, 0.29) is 124 Å². The molecular formula is C101H111Cl2F3MgN24O19. The first-order valence-electron chi connectivity index (χ1n) is 45.5. The Hall–Kier alpha value is -16.2. The Kier molecular flexibility index (Phi) is 36.1.